The van der Waals surface area contributed by atoms with Gasteiger partial charge in [-0.3, -0.25) is 4.90 Å². The summed E-state index contributed by atoms with van der Waals surface area (Å²) in [5.74, 6) is 2.33. The maximum Gasteiger partial charge on any atom is 0.186 e. The van der Waals surface area contributed by atoms with E-state index < -0.39 is 0 Å². The van der Waals surface area contributed by atoms with Crippen LogP contribution in [0.1, 0.15) is 44.6 Å². The monoisotopic (exact) mass is 507 g/mol. The Morgan fingerprint density at radius 3 is 2.50 bits per heavy atom. The fourth-order valence-electron chi connectivity index (χ4n) is 4.66. The Hall–Kier alpha value is -3.24. The second kappa shape index (κ2) is 10.0. The van der Waals surface area contributed by atoms with Gasteiger partial charge in [0, 0.05) is 37.8 Å². The van der Waals surface area contributed by atoms with Crippen molar-refractivity contribution < 1.29 is 9.47 Å². The van der Waals surface area contributed by atoms with E-state index in [0.717, 1.165) is 66.1 Å². The van der Waals surface area contributed by atoms with Crippen LogP contribution in [0.15, 0.2) is 42.5 Å². The minimum absolute atomic E-state index is 0.163. The number of hydrogen-bond acceptors (Lipinski definition) is 9. The summed E-state index contributed by atoms with van der Waals surface area (Å²) in [5, 5.41) is 14.2. The summed E-state index contributed by atoms with van der Waals surface area (Å²) in [6.07, 6.45) is 0.906. The maximum absolute atomic E-state index is 5.83. The van der Waals surface area contributed by atoms with Crippen LogP contribution in [0, 0.1) is 0 Å². The molecule has 3 heterocycles. The number of piperazine rings is 1. The van der Waals surface area contributed by atoms with Gasteiger partial charge in [0.25, 0.3) is 0 Å². The molecule has 36 heavy (non-hydrogen) atoms. The first-order valence-electron chi connectivity index (χ1n) is 12.3. The number of para-hydroxylation sites is 1. The van der Waals surface area contributed by atoms with E-state index in [2.05, 4.69) is 70.4 Å². The predicted molar refractivity (Wildman–Crippen MR) is 142 cm³/mol. The molecule has 190 valence electrons. The van der Waals surface area contributed by atoms with Crippen LogP contribution in [0.3, 0.4) is 0 Å². The number of ether oxygens (including phenoxy) is 2. The number of fused-ring (bicyclic) bond motifs is 1. The van der Waals surface area contributed by atoms with Crippen LogP contribution in [0.2, 0.25) is 0 Å². The van der Waals surface area contributed by atoms with Crippen molar-refractivity contribution in [1.82, 2.24) is 30.1 Å². The van der Waals surface area contributed by atoms with Crippen molar-refractivity contribution in [2.45, 2.75) is 38.8 Å². The topological polar surface area (TPSA) is 81.4 Å². The molecule has 2 aromatic heterocycles. The molecular weight excluding hydrogens is 474 g/mol. The van der Waals surface area contributed by atoms with Crippen LogP contribution < -0.4 is 14.4 Å². The molecule has 0 N–H and O–H groups in total. The zero-order chi connectivity index (χ0) is 25.3. The molecule has 0 amide bonds. The third kappa shape index (κ3) is 4.51. The molecule has 0 saturated carbocycles. The Kier molecular flexibility index (Phi) is 6.81. The molecule has 0 radical (unpaired) electrons. The molecule has 1 fully saturated rings. The Morgan fingerprint density at radius 1 is 1.03 bits per heavy atom. The van der Waals surface area contributed by atoms with E-state index in [1.807, 2.05) is 22.9 Å². The first-order valence-corrected chi connectivity index (χ1v) is 13.1. The SMILES string of the molecule is CCC(C)(C)n1nnnc1C(c1ccc(OC)cc1OC)N1CCN(c2nc3ccccc3s2)CC1. The molecular formula is C26H33N7O2S. The van der Waals surface area contributed by atoms with Gasteiger partial charge >= 0.3 is 0 Å². The number of hydrogen-bond donors (Lipinski definition) is 0. The molecule has 1 saturated heterocycles. The highest BCUT2D eigenvalue weighted by Gasteiger charge is 2.36. The first kappa shape index (κ1) is 24.5. The third-order valence-electron chi connectivity index (χ3n) is 7.14. The largest absolute Gasteiger partial charge is 0.497 e. The lowest BCUT2D eigenvalue weighted by Gasteiger charge is -2.40. The summed E-state index contributed by atoms with van der Waals surface area (Å²) in [4.78, 5) is 9.70. The van der Waals surface area contributed by atoms with Crippen molar-refractivity contribution in [1.29, 1.82) is 0 Å². The fraction of sp³-hybridized carbons (Fsp3) is 0.462. The van der Waals surface area contributed by atoms with Crippen LogP contribution in [0.25, 0.3) is 10.2 Å². The molecule has 9 nitrogen and oxygen atoms in total. The quantitative estimate of drug-likeness (QED) is 0.348. The molecule has 1 aliphatic rings. The number of anilines is 1. The number of benzene rings is 2. The van der Waals surface area contributed by atoms with E-state index in [-0.39, 0.29) is 11.6 Å². The van der Waals surface area contributed by atoms with E-state index in [1.165, 1.54) is 4.70 Å². The summed E-state index contributed by atoms with van der Waals surface area (Å²) < 4.78 is 14.5. The van der Waals surface area contributed by atoms with Crippen molar-refractivity contribution in [3.8, 4) is 11.5 Å². The Morgan fingerprint density at radius 2 is 1.81 bits per heavy atom. The van der Waals surface area contributed by atoms with Crippen molar-refractivity contribution >= 4 is 26.7 Å². The number of rotatable bonds is 8. The molecule has 2 aromatic carbocycles. The van der Waals surface area contributed by atoms with E-state index in [4.69, 9.17) is 14.5 Å². The van der Waals surface area contributed by atoms with Gasteiger partial charge in [0.1, 0.15) is 17.5 Å². The van der Waals surface area contributed by atoms with E-state index in [0.29, 0.717) is 0 Å². The van der Waals surface area contributed by atoms with Crippen LogP contribution >= 0.6 is 11.3 Å². The lowest BCUT2D eigenvalue weighted by Crippen LogP contribution is -2.49. The predicted octanol–water partition coefficient (Wildman–Crippen LogP) is 4.36. The van der Waals surface area contributed by atoms with Gasteiger partial charge in [0.15, 0.2) is 11.0 Å². The van der Waals surface area contributed by atoms with Crippen molar-refractivity contribution in [3.05, 3.63) is 53.9 Å². The molecule has 10 heteroatoms. The molecule has 1 atom stereocenters. The summed E-state index contributed by atoms with van der Waals surface area (Å²) >= 11 is 1.75. The number of aromatic nitrogens is 5. The zero-order valence-corrected chi connectivity index (χ0v) is 22.3. The standard InChI is InChI=1S/C26H33N7O2S/c1-6-26(2,3)33-24(28-29-30-33)23(19-12-11-18(34-4)17-21(19)35-5)31-13-15-32(16-14-31)25-27-20-9-7-8-10-22(20)36-25/h7-12,17,23H,6,13-16H2,1-5H3. The van der Waals surface area contributed by atoms with Gasteiger partial charge in [-0.15, -0.1) is 5.10 Å². The van der Waals surface area contributed by atoms with E-state index >= 15 is 0 Å². The van der Waals surface area contributed by atoms with Gasteiger partial charge in [-0.05, 0) is 55.0 Å². The summed E-state index contributed by atoms with van der Waals surface area (Å²) in [5.41, 5.74) is 1.86. The summed E-state index contributed by atoms with van der Waals surface area (Å²) in [7, 11) is 3.36. The molecule has 1 aliphatic heterocycles. The maximum atomic E-state index is 5.83. The first-order chi connectivity index (χ1) is 17.4. The molecule has 4 aromatic rings. The fourth-order valence-corrected chi connectivity index (χ4v) is 5.67. The van der Waals surface area contributed by atoms with Crippen LogP contribution in [0.5, 0.6) is 11.5 Å². The Labute approximate surface area is 215 Å². The van der Waals surface area contributed by atoms with Crippen molar-refractivity contribution in [2.75, 3.05) is 45.3 Å². The van der Waals surface area contributed by atoms with Crippen LogP contribution in [-0.4, -0.2) is 70.5 Å². The molecule has 0 bridgehead atoms. The van der Waals surface area contributed by atoms with Gasteiger partial charge in [-0.1, -0.05) is 30.4 Å². The number of nitrogens with zero attached hydrogens (tertiary/aromatic N) is 7. The molecule has 0 spiro atoms. The van der Waals surface area contributed by atoms with Crippen molar-refractivity contribution in [3.63, 3.8) is 0 Å². The number of tetrazole rings is 1. The molecule has 1 unspecified atom stereocenters. The number of thiazole rings is 1. The summed E-state index contributed by atoms with van der Waals surface area (Å²) in [6, 6.07) is 14.1. The van der Waals surface area contributed by atoms with Gasteiger partial charge in [0.05, 0.1) is 30.0 Å². The number of methoxy groups -OCH3 is 2. The lowest BCUT2D eigenvalue weighted by molar-refractivity contribution is 0.184. The van der Waals surface area contributed by atoms with Crippen LogP contribution in [-0.2, 0) is 5.54 Å². The van der Waals surface area contributed by atoms with Gasteiger partial charge in [-0.2, -0.15) is 0 Å². The third-order valence-corrected chi connectivity index (χ3v) is 8.24. The molecule has 5 rings (SSSR count). The lowest BCUT2D eigenvalue weighted by atomic mass is 9.98. The van der Waals surface area contributed by atoms with Gasteiger partial charge in [-0.25, -0.2) is 9.67 Å². The van der Waals surface area contributed by atoms with Crippen LogP contribution in [0.4, 0.5) is 5.13 Å². The minimum Gasteiger partial charge on any atom is -0.497 e. The van der Waals surface area contributed by atoms with E-state index in [1.54, 1.807) is 25.6 Å². The second-order valence-corrected chi connectivity index (χ2v) is 10.6. The van der Waals surface area contributed by atoms with Gasteiger partial charge < -0.3 is 14.4 Å². The Bertz CT molecular complexity index is 1290. The minimum atomic E-state index is -0.223. The highest BCUT2D eigenvalue weighted by Crippen LogP contribution is 2.38. The normalized spacial score (nSPS) is 15.9. The Balaban J connectivity index is 1.49. The second-order valence-electron chi connectivity index (χ2n) is 9.61. The zero-order valence-electron chi connectivity index (χ0n) is 21.5. The van der Waals surface area contributed by atoms with Crippen molar-refractivity contribution in [2.24, 2.45) is 0 Å². The smallest absolute Gasteiger partial charge is 0.186 e. The average molecular weight is 508 g/mol. The highest BCUT2D eigenvalue weighted by molar-refractivity contribution is 7.22. The van der Waals surface area contributed by atoms with E-state index in [9.17, 15) is 0 Å². The molecule has 0 aliphatic carbocycles. The average Bonchev–Trinajstić information content (AvgIpc) is 3.57. The summed E-state index contributed by atoms with van der Waals surface area (Å²) in [6.45, 7) is 9.91. The highest BCUT2D eigenvalue weighted by atomic mass is 32.1. The van der Waals surface area contributed by atoms with Gasteiger partial charge in [0.2, 0.25) is 0 Å².